The zero-order valence-corrected chi connectivity index (χ0v) is 18.8. The maximum atomic E-state index is 11.9. The lowest BCUT2D eigenvalue weighted by Crippen LogP contribution is -2.29. The summed E-state index contributed by atoms with van der Waals surface area (Å²) in [4.78, 5) is 14.3. The van der Waals surface area contributed by atoms with Crippen molar-refractivity contribution in [2.45, 2.75) is 19.9 Å². The highest BCUT2D eigenvalue weighted by Gasteiger charge is 2.18. The third kappa shape index (κ3) is 4.12. The zero-order valence-electron chi connectivity index (χ0n) is 18.8. The third-order valence-electron chi connectivity index (χ3n) is 6.24. The number of hydrogen-bond donors (Lipinski definition) is 2. The van der Waals surface area contributed by atoms with Gasteiger partial charge in [0.1, 0.15) is 6.54 Å². The zero-order chi connectivity index (χ0) is 22.8. The van der Waals surface area contributed by atoms with Crippen LogP contribution in [0.2, 0.25) is 0 Å². The Bertz CT molecular complexity index is 1310. The summed E-state index contributed by atoms with van der Waals surface area (Å²) in [5.41, 5.74) is 12.8. The summed E-state index contributed by atoms with van der Waals surface area (Å²) in [5, 5.41) is 5.16. The topological polar surface area (TPSA) is 72.5 Å². The van der Waals surface area contributed by atoms with Crippen LogP contribution < -0.4 is 16.0 Å². The molecular weight excluding hydrogens is 412 g/mol. The standard InChI is InChI=1S/C27H28N4O2/c1-2-33-26(32)16-29-24-15-25(22-9-5-6-10-23(22)27(24)28)31-14-12-21(18-31)30-13-11-19-7-3-4-8-20(19)17-30/h3-10,12,14-15,18,29H,2,11,13,16-17,28H2,1H3. The SMILES string of the molecule is CCOC(=O)CNc1cc(-n2ccc(N3CCc4ccccc4C3)c2)c2ccccc2c1N. The third-order valence-corrected chi connectivity index (χ3v) is 6.24. The molecule has 0 amide bonds. The van der Waals surface area contributed by atoms with Gasteiger partial charge in [-0.15, -0.1) is 0 Å². The van der Waals surface area contributed by atoms with Gasteiger partial charge in [-0.05, 0) is 36.6 Å². The van der Waals surface area contributed by atoms with Crippen molar-refractivity contribution in [2.24, 2.45) is 0 Å². The van der Waals surface area contributed by atoms with Crippen molar-refractivity contribution in [3.63, 3.8) is 0 Å². The lowest BCUT2D eigenvalue weighted by atomic mass is 10.00. The molecule has 168 valence electrons. The van der Waals surface area contributed by atoms with Crippen molar-refractivity contribution >= 4 is 33.8 Å². The van der Waals surface area contributed by atoms with Crippen molar-refractivity contribution < 1.29 is 9.53 Å². The fourth-order valence-corrected chi connectivity index (χ4v) is 4.56. The number of carbonyl (C=O) groups is 1. The molecule has 0 fully saturated rings. The second-order valence-corrected chi connectivity index (χ2v) is 8.28. The normalized spacial score (nSPS) is 13.1. The fraction of sp³-hybridized carbons (Fsp3) is 0.222. The molecule has 0 saturated heterocycles. The quantitative estimate of drug-likeness (QED) is 0.334. The largest absolute Gasteiger partial charge is 0.465 e. The van der Waals surface area contributed by atoms with Crippen LogP contribution in [0.1, 0.15) is 18.1 Å². The first-order valence-electron chi connectivity index (χ1n) is 11.3. The van der Waals surface area contributed by atoms with E-state index in [-0.39, 0.29) is 12.5 Å². The van der Waals surface area contributed by atoms with E-state index in [0.29, 0.717) is 12.3 Å². The molecule has 5 rings (SSSR count). The molecule has 1 aliphatic rings. The summed E-state index contributed by atoms with van der Waals surface area (Å²) in [5.74, 6) is -0.305. The first-order valence-corrected chi connectivity index (χ1v) is 11.3. The van der Waals surface area contributed by atoms with Crippen LogP contribution >= 0.6 is 0 Å². The first-order chi connectivity index (χ1) is 16.1. The summed E-state index contributed by atoms with van der Waals surface area (Å²) in [6, 6.07) is 20.9. The summed E-state index contributed by atoms with van der Waals surface area (Å²) in [6.45, 7) is 4.13. The minimum Gasteiger partial charge on any atom is -0.465 e. The minimum absolute atomic E-state index is 0.0694. The summed E-state index contributed by atoms with van der Waals surface area (Å²) >= 11 is 0. The van der Waals surface area contributed by atoms with Gasteiger partial charge in [0, 0.05) is 36.3 Å². The number of esters is 1. The van der Waals surface area contributed by atoms with E-state index >= 15 is 0 Å². The van der Waals surface area contributed by atoms with E-state index in [0.717, 1.165) is 41.7 Å². The number of nitrogens with one attached hydrogen (secondary N) is 1. The molecule has 0 saturated carbocycles. The molecule has 0 atom stereocenters. The lowest BCUT2D eigenvalue weighted by molar-refractivity contribution is -0.140. The van der Waals surface area contributed by atoms with Gasteiger partial charge in [0.05, 0.1) is 29.4 Å². The predicted molar refractivity (Wildman–Crippen MR) is 134 cm³/mol. The molecule has 3 N–H and O–H groups in total. The number of anilines is 3. The monoisotopic (exact) mass is 440 g/mol. The van der Waals surface area contributed by atoms with Crippen LogP contribution in [0.15, 0.2) is 73.1 Å². The number of rotatable bonds is 6. The number of benzene rings is 3. The van der Waals surface area contributed by atoms with Gasteiger partial charge in [0.15, 0.2) is 0 Å². The Balaban J connectivity index is 1.48. The van der Waals surface area contributed by atoms with Crippen LogP contribution in [0, 0.1) is 0 Å². The Morgan fingerprint density at radius 2 is 1.82 bits per heavy atom. The van der Waals surface area contributed by atoms with Crippen molar-refractivity contribution in [1.29, 1.82) is 0 Å². The minimum atomic E-state index is -0.305. The maximum absolute atomic E-state index is 11.9. The molecule has 0 unspecified atom stereocenters. The van der Waals surface area contributed by atoms with Gasteiger partial charge in [0.25, 0.3) is 0 Å². The molecule has 6 heteroatoms. The second kappa shape index (κ2) is 8.90. The van der Waals surface area contributed by atoms with E-state index in [1.54, 1.807) is 6.92 Å². The molecule has 4 aromatic rings. The molecule has 1 aliphatic heterocycles. The van der Waals surface area contributed by atoms with E-state index in [4.69, 9.17) is 10.5 Å². The van der Waals surface area contributed by atoms with Gasteiger partial charge in [-0.25, -0.2) is 0 Å². The molecule has 2 heterocycles. The van der Waals surface area contributed by atoms with Crippen LogP contribution in [-0.2, 0) is 22.5 Å². The van der Waals surface area contributed by atoms with Crippen molar-refractivity contribution in [1.82, 2.24) is 4.57 Å². The smallest absolute Gasteiger partial charge is 0.325 e. The number of nitrogens with two attached hydrogens (primary N) is 1. The van der Waals surface area contributed by atoms with Gasteiger partial charge >= 0.3 is 5.97 Å². The maximum Gasteiger partial charge on any atom is 0.325 e. The van der Waals surface area contributed by atoms with Crippen LogP contribution in [0.25, 0.3) is 16.5 Å². The number of aromatic nitrogens is 1. The Hall–Kier alpha value is -3.93. The average molecular weight is 441 g/mol. The molecule has 1 aromatic heterocycles. The summed E-state index contributed by atoms with van der Waals surface area (Å²) in [6.07, 6.45) is 5.30. The summed E-state index contributed by atoms with van der Waals surface area (Å²) < 4.78 is 7.18. The molecule has 0 spiro atoms. The molecule has 33 heavy (non-hydrogen) atoms. The fourth-order valence-electron chi connectivity index (χ4n) is 4.56. The highest BCUT2D eigenvalue weighted by Crippen LogP contribution is 2.35. The number of fused-ring (bicyclic) bond motifs is 2. The molecule has 0 aliphatic carbocycles. The lowest BCUT2D eigenvalue weighted by Gasteiger charge is -2.29. The summed E-state index contributed by atoms with van der Waals surface area (Å²) in [7, 11) is 0. The predicted octanol–water partition coefficient (Wildman–Crippen LogP) is 4.75. The Morgan fingerprint density at radius 1 is 1.06 bits per heavy atom. The Labute approximate surface area is 193 Å². The van der Waals surface area contributed by atoms with E-state index < -0.39 is 0 Å². The number of hydrogen-bond acceptors (Lipinski definition) is 5. The highest BCUT2D eigenvalue weighted by molar-refractivity contribution is 6.04. The van der Waals surface area contributed by atoms with E-state index in [2.05, 4.69) is 63.6 Å². The molecule has 6 nitrogen and oxygen atoms in total. The van der Waals surface area contributed by atoms with Crippen LogP contribution in [0.3, 0.4) is 0 Å². The Kier molecular flexibility index (Phi) is 5.65. The average Bonchev–Trinajstić information content (AvgIpc) is 3.34. The van der Waals surface area contributed by atoms with E-state index in [1.807, 2.05) is 24.3 Å². The number of carbonyl (C=O) groups excluding carboxylic acids is 1. The van der Waals surface area contributed by atoms with Crippen LogP contribution in [0.4, 0.5) is 17.1 Å². The number of ether oxygens (including phenoxy) is 1. The number of nitrogens with zero attached hydrogens (tertiary/aromatic N) is 2. The van der Waals surface area contributed by atoms with Crippen LogP contribution in [-0.4, -0.2) is 30.2 Å². The molecule has 0 bridgehead atoms. The Morgan fingerprint density at radius 3 is 2.64 bits per heavy atom. The van der Waals surface area contributed by atoms with E-state index in [1.165, 1.54) is 16.8 Å². The van der Waals surface area contributed by atoms with Gasteiger partial charge in [-0.2, -0.15) is 0 Å². The van der Waals surface area contributed by atoms with Crippen molar-refractivity contribution in [3.8, 4) is 5.69 Å². The van der Waals surface area contributed by atoms with Crippen molar-refractivity contribution in [2.75, 3.05) is 35.6 Å². The van der Waals surface area contributed by atoms with Gasteiger partial charge < -0.3 is 25.3 Å². The van der Waals surface area contributed by atoms with Crippen LogP contribution in [0.5, 0.6) is 0 Å². The molecule has 0 radical (unpaired) electrons. The second-order valence-electron chi connectivity index (χ2n) is 8.28. The van der Waals surface area contributed by atoms with Gasteiger partial charge in [0.2, 0.25) is 0 Å². The van der Waals surface area contributed by atoms with E-state index in [9.17, 15) is 4.79 Å². The van der Waals surface area contributed by atoms with Crippen molar-refractivity contribution in [3.05, 3.63) is 84.2 Å². The number of nitrogen functional groups attached to an aromatic ring is 1. The first kappa shape index (κ1) is 20.9. The molecule has 3 aromatic carbocycles. The van der Waals surface area contributed by atoms with Gasteiger partial charge in [-0.1, -0.05) is 48.5 Å². The molecular formula is C27H28N4O2. The van der Waals surface area contributed by atoms with Gasteiger partial charge in [-0.3, -0.25) is 4.79 Å². The highest BCUT2D eigenvalue weighted by atomic mass is 16.5.